The fourth-order valence-corrected chi connectivity index (χ4v) is 4.84. The van der Waals surface area contributed by atoms with E-state index in [2.05, 4.69) is 117 Å². The molecule has 28 heavy (non-hydrogen) atoms. The molecule has 0 N–H and O–H groups in total. The van der Waals surface area contributed by atoms with Gasteiger partial charge in [-0.1, -0.05) is 117 Å². The summed E-state index contributed by atoms with van der Waals surface area (Å²) in [7, 11) is 0. The lowest BCUT2D eigenvalue weighted by Crippen LogP contribution is -2.28. The standard InChI is InChI=1S/C28H24/c1-20(2)21-11-10-14-23(19-21)28(22-12-4-3-5-13-22)26-17-8-6-15-24(26)25-16-7-9-18-27(25)28/h3-20H,1-2H3. The second-order valence-electron chi connectivity index (χ2n) is 7.99. The lowest BCUT2D eigenvalue weighted by Gasteiger charge is -2.34. The Bertz CT molecular complexity index is 1090. The molecule has 0 radical (unpaired) electrons. The maximum Gasteiger partial charge on any atom is 0.0713 e. The van der Waals surface area contributed by atoms with Gasteiger partial charge < -0.3 is 0 Å². The maximum absolute atomic E-state index is 2.41. The molecule has 0 amide bonds. The first-order chi connectivity index (χ1) is 13.7. The van der Waals surface area contributed by atoms with E-state index in [1.165, 1.54) is 38.9 Å². The van der Waals surface area contributed by atoms with Crippen LogP contribution < -0.4 is 0 Å². The maximum atomic E-state index is 2.41. The first kappa shape index (κ1) is 17.0. The third-order valence-corrected chi connectivity index (χ3v) is 6.15. The Labute approximate surface area is 167 Å². The number of fused-ring (bicyclic) bond motifs is 3. The summed E-state index contributed by atoms with van der Waals surface area (Å²) >= 11 is 0. The highest BCUT2D eigenvalue weighted by molar-refractivity contribution is 5.86. The van der Waals surface area contributed by atoms with Crippen LogP contribution in [0.4, 0.5) is 0 Å². The first-order valence-electron chi connectivity index (χ1n) is 10.1. The average molecular weight is 361 g/mol. The molecular formula is C28H24. The van der Waals surface area contributed by atoms with Crippen LogP contribution in [0, 0.1) is 0 Å². The minimum atomic E-state index is -0.278. The molecular weight excluding hydrogens is 336 g/mol. The normalized spacial score (nSPS) is 14.0. The van der Waals surface area contributed by atoms with Crippen molar-refractivity contribution < 1.29 is 0 Å². The third kappa shape index (κ3) is 2.31. The predicted molar refractivity (Wildman–Crippen MR) is 118 cm³/mol. The van der Waals surface area contributed by atoms with Crippen molar-refractivity contribution in [3.05, 3.63) is 131 Å². The van der Waals surface area contributed by atoms with Crippen molar-refractivity contribution in [1.82, 2.24) is 0 Å². The lowest BCUT2D eigenvalue weighted by atomic mass is 9.67. The molecule has 0 saturated carbocycles. The van der Waals surface area contributed by atoms with E-state index in [0.717, 1.165) is 0 Å². The van der Waals surface area contributed by atoms with E-state index < -0.39 is 0 Å². The van der Waals surface area contributed by atoms with Crippen molar-refractivity contribution in [1.29, 1.82) is 0 Å². The molecule has 1 aliphatic carbocycles. The fraction of sp³-hybridized carbons (Fsp3) is 0.143. The molecule has 0 nitrogen and oxygen atoms in total. The van der Waals surface area contributed by atoms with E-state index in [4.69, 9.17) is 0 Å². The summed E-state index contributed by atoms with van der Waals surface area (Å²) in [6.07, 6.45) is 0. The molecule has 0 aromatic heterocycles. The monoisotopic (exact) mass is 360 g/mol. The van der Waals surface area contributed by atoms with E-state index in [1.54, 1.807) is 0 Å². The van der Waals surface area contributed by atoms with Gasteiger partial charge >= 0.3 is 0 Å². The summed E-state index contributed by atoms with van der Waals surface area (Å²) in [6.45, 7) is 4.54. The van der Waals surface area contributed by atoms with E-state index in [-0.39, 0.29) is 5.41 Å². The predicted octanol–water partition coefficient (Wildman–Crippen LogP) is 7.17. The number of benzene rings is 4. The van der Waals surface area contributed by atoms with Crippen molar-refractivity contribution in [2.45, 2.75) is 25.2 Å². The lowest BCUT2D eigenvalue weighted by molar-refractivity contribution is 0.760. The van der Waals surface area contributed by atoms with E-state index in [1.807, 2.05) is 0 Å². The summed E-state index contributed by atoms with van der Waals surface area (Å²) in [5, 5.41) is 0. The van der Waals surface area contributed by atoms with Crippen LogP contribution in [-0.2, 0) is 5.41 Å². The Kier molecular flexibility index (Phi) is 3.94. The van der Waals surface area contributed by atoms with Crippen LogP contribution in [0.2, 0.25) is 0 Å². The number of hydrogen-bond acceptors (Lipinski definition) is 0. The van der Waals surface area contributed by atoms with Gasteiger partial charge in [0, 0.05) is 0 Å². The van der Waals surface area contributed by atoms with Gasteiger partial charge in [0.1, 0.15) is 0 Å². The van der Waals surface area contributed by atoms with E-state index >= 15 is 0 Å². The highest BCUT2D eigenvalue weighted by Crippen LogP contribution is 2.56. The zero-order chi connectivity index (χ0) is 19.1. The van der Waals surface area contributed by atoms with Gasteiger partial charge in [0.05, 0.1) is 5.41 Å². The summed E-state index contributed by atoms with van der Waals surface area (Å²) in [5.41, 5.74) is 9.23. The first-order valence-corrected chi connectivity index (χ1v) is 10.1. The van der Waals surface area contributed by atoms with Crippen molar-refractivity contribution in [2.24, 2.45) is 0 Å². The smallest absolute Gasteiger partial charge is 0.0622 e. The van der Waals surface area contributed by atoms with Crippen molar-refractivity contribution in [3.8, 4) is 11.1 Å². The molecule has 0 unspecified atom stereocenters. The fourth-order valence-electron chi connectivity index (χ4n) is 4.84. The van der Waals surface area contributed by atoms with Gasteiger partial charge in [0.15, 0.2) is 0 Å². The molecule has 0 heteroatoms. The molecule has 0 fully saturated rings. The van der Waals surface area contributed by atoms with Crippen LogP contribution in [-0.4, -0.2) is 0 Å². The largest absolute Gasteiger partial charge is 0.0713 e. The Morgan fingerprint density at radius 1 is 0.536 bits per heavy atom. The molecule has 4 aromatic carbocycles. The Morgan fingerprint density at radius 3 is 1.68 bits per heavy atom. The Hall–Kier alpha value is -3.12. The second-order valence-corrected chi connectivity index (χ2v) is 7.99. The third-order valence-electron chi connectivity index (χ3n) is 6.15. The zero-order valence-electron chi connectivity index (χ0n) is 16.4. The molecule has 0 heterocycles. The SMILES string of the molecule is CC(C)c1cccc(C2(c3ccccc3)c3ccccc3-c3ccccc32)c1. The van der Waals surface area contributed by atoms with Crippen LogP contribution in [0.25, 0.3) is 11.1 Å². The minimum absolute atomic E-state index is 0.278. The Balaban J connectivity index is 1.94. The zero-order valence-corrected chi connectivity index (χ0v) is 16.4. The van der Waals surface area contributed by atoms with Crippen LogP contribution in [0.3, 0.4) is 0 Å². The molecule has 136 valence electrons. The van der Waals surface area contributed by atoms with Gasteiger partial charge in [-0.3, -0.25) is 0 Å². The molecule has 0 spiro atoms. The quantitative estimate of drug-likeness (QED) is 0.320. The Morgan fingerprint density at radius 2 is 1.07 bits per heavy atom. The minimum Gasteiger partial charge on any atom is -0.0622 e. The number of hydrogen-bond donors (Lipinski definition) is 0. The molecule has 1 aliphatic rings. The topological polar surface area (TPSA) is 0 Å². The van der Waals surface area contributed by atoms with Crippen LogP contribution in [0.5, 0.6) is 0 Å². The van der Waals surface area contributed by atoms with Gasteiger partial charge in [-0.2, -0.15) is 0 Å². The van der Waals surface area contributed by atoms with Crippen molar-refractivity contribution in [2.75, 3.05) is 0 Å². The van der Waals surface area contributed by atoms with Gasteiger partial charge in [-0.25, -0.2) is 0 Å². The van der Waals surface area contributed by atoms with Gasteiger partial charge in [0.25, 0.3) is 0 Å². The van der Waals surface area contributed by atoms with Crippen LogP contribution >= 0.6 is 0 Å². The molecule has 0 bridgehead atoms. The molecule has 4 aromatic rings. The average Bonchev–Trinajstić information content (AvgIpc) is 3.06. The van der Waals surface area contributed by atoms with E-state index in [9.17, 15) is 0 Å². The van der Waals surface area contributed by atoms with Crippen molar-refractivity contribution in [3.63, 3.8) is 0 Å². The second kappa shape index (κ2) is 6.49. The van der Waals surface area contributed by atoms with Gasteiger partial charge in [-0.05, 0) is 44.9 Å². The molecule has 0 saturated heterocycles. The highest BCUT2D eigenvalue weighted by Gasteiger charge is 2.45. The van der Waals surface area contributed by atoms with Crippen LogP contribution in [0.1, 0.15) is 47.6 Å². The summed E-state index contributed by atoms with van der Waals surface area (Å²) in [6, 6.07) is 38.0. The molecule has 5 rings (SSSR count). The highest BCUT2D eigenvalue weighted by atomic mass is 14.5. The summed E-state index contributed by atoms with van der Waals surface area (Å²) in [5.74, 6) is 0.500. The molecule has 0 aliphatic heterocycles. The van der Waals surface area contributed by atoms with Crippen molar-refractivity contribution >= 4 is 0 Å². The van der Waals surface area contributed by atoms with Gasteiger partial charge in [-0.15, -0.1) is 0 Å². The summed E-state index contributed by atoms with van der Waals surface area (Å²) in [4.78, 5) is 0. The summed E-state index contributed by atoms with van der Waals surface area (Å²) < 4.78 is 0. The van der Waals surface area contributed by atoms with Gasteiger partial charge in [0.2, 0.25) is 0 Å². The van der Waals surface area contributed by atoms with E-state index in [0.29, 0.717) is 5.92 Å². The van der Waals surface area contributed by atoms with Crippen LogP contribution in [0.15, 0.2) is 103 Å². The molecule has 0 atom stereocenters. The number of rotatable bonds is 3.